The van der Waals surface area contributed by atoms with Gasteiger partial charge in [0.2, 0.25) is 10.0 Å². The van der Waals surface area contributed by atoms with E-state index in [1.165, 1.54) is 0 Å². The maximum atomic E-state index is 12.4. The summed E-state index contributed by atoms with van der Waals surface area (Å²) in [6, 6.07) is 7.21. The molecule has 0 radical (unpaired) electrons. The summed E-state index contributed by atoms with van der Waals surface area (Å²) < 4.78 is 27.6. The summed E-state index contributed by atoms with van der Waals surface area (Å²) in [6.45, 7) is 11.0. The van der Waals surface area contributed by atoms with Crippen LogP contribution in [0, 0.1) is 5.92 Å². The van der Waals surface area contributed by atoms with E-state index < -0.39 is 10.0 Å². The summed E-state index contributed by atoms with van der Waals surface area (Å²) in [7, 11) is -3.45. The second-order valence-electron chi connectivity index (χ2n) is 6.00. The van der Waals surface area contributed by atoms with Crippen LogP contribution in [0.1, 0.15) is 52.6 Å². The number of rotatable bonds is 8. The van der Waals surface area contributed by atoms with Crippen LogP contribution >= 0.6 is 0 Å². The van der Waals surface area contributed by atoms with Crippen molar-refractivity contribution in [3.63, 3.8) is 0 Å². The van der Waals surface area contributed by atoms with Gasteiger partial charge in [-0.2, -0.15) is 0 Å². The minimum atomic E-state index is -3.45. The van der Waals surface area contributed by atoms with Gasteiger partial charge in [-0.3, -0.25) is 0 Å². The lowest BCUT2D eigenvalue weighted by molar-refractivity contribution is 0.482. The zero-order valence-electron chi connectivity index (χ0n) is 13.7. The van der Waals surface area contributed by atoms with E-state index in [9.17, 15) is 8.42 Å². The topological polar surface area (TPSA) is 58.2 Å². The molecule has 0 bridgehead atoms. The molecule has 0 aliphatic heterocycles. The molecular weight excluding hydrogens is 284 g/mol. The Balaban J connectivity index is 2.91. The summed E-state index contributed by atoms with van der Waals surface area (Å²) >= 11 is 0. The Morgan fingerprint density at radius 1 is 1.14 bits per heavy atom. The van der Waals surface area contributed by atoms with Gasteiger partial charge >= 0.3 is 0 Å². The Morgan fingerprint density at radius 3 is 2.38 bits per heavy atom. The first-order valence-electron chi connectivity index (χ1n) is 7.62. The van der Waals surface area contributed by atoms with Gasteiger partial charge in [-0.25, -0.2) is 13.1 Å². The molecule has 0 spiro atoms. The molecule has 0 fully saturated rings. The first-order valence-corrected chi connectivity index (χ1v) is 9.10. The lowest BCUT2D eigenvalue weighted by Crippen LogP contribution is -2.33. The average Bonchev–Trinajstić information content (AvgIpc) is 2.37. The van der Waals surface area contributed by atoms with Gasteiger partial charge in [-0.1, -0.05) is 32.9 Å². The van der Waals surface area contributed by atoms with Crippen molar-refractivity contribution in [2.75, 3.05) is 6.54 Å². The maximum absolute atomic E-state index is 12.4. The molecule has 0 aliphatic carbocycles. The monoisotopic (exact) mass is 312 g/mol. The van der Waals surface area contributed by atoms with Gasteiger partial charge in [-0.15, -0.1) is 0 Å². The molecule has 21 heavy (non-hydrogen) atoms. The van der Waals surface area contributed by atoms with E-state index in [1.54, 1.807) is 18.2 Å². The molecule has 0 amide bonds. The zero-order chi connectivity index (χ0) is 16.0. The van der Waals surface area contributed by atoms with Gasteiger partial charge in [0.05, 0.1) is 4.90 Å². The second-order valence-corrected chi connectivity index (χ2v) is 7.72. The van der Waals surface area contributed by atoms with E-state index >= 15 is 0 Å². The van der Waals surface area contributed by atoms with E-state index in [-0.39, 0.29) is 12.1 Å². The molecule has 120 valence electrons. The fourth-order valence-electron chi connectivity index (χ4n) is 2.46. The van der Waals surface area contributed by atoms with Crippen LogP contribution < -0.4 is 10.0 Å². The fourth-order valence-corrected chi connectivity index (χ4v) is 3.77. The van der Waals surface area contributed by atoms with E-state index in [0.717, 1.165) is 18.5 Å². The third-order valence-electron chi connectivity index (χ3n) is 3.36. The van der Waals surface area contributed by atoms with Gasteiger partial charge in [0.25, 0.3) is 0 Å². The predicted molar refractivity (Wildman–Crippen MR) is 87.8 cm³/mol. The molecule has 0 aliphatic rings. The van der Waals surface area contributed by atoms with Crippen molar-refractivity contribution >= 4 is 10.0 Å². The van der Waals surface area contributed by atoms with E-state index in [0.29, 0.717) is 10.8 Å². The van der Waals surface area contributed by atoms with E-state index in [2.05, 4.69) is 23.9 Å². The van der Waals surface area contributed by atoms with E-state index in [4.69, 9.17) is 0 Å². The Bertz CT molecular complexity index is 541. The number of nitrogens with one attached hydrogen (secondary N) is 2. The Kier molecular flexibility index (Phi) is 6.84. The van der Waals surface area contributed by atoms with Crippen molar-refractivity contribution in [1.29, 1.82) is 0 Å². The van der Waals surface area contributed by atoms with Crippen LogP contribution in [0.3, 0.4) is 0 Å². The Morgan fingerprint density at radius 2 is 1.81 bits per heavy atom. The Hall–Kier alpha value is -0.910. The molecule has 0 saturated heterocycles. The smallest absolute Gasteiger partial charge is 0.240 e. The highest BCUT2D eigenvalue weighted by atomic mass is 32.2. The molecule has 4 nitrogen and oxygen atoms in total. The minimum Gasteiger partial charge on any atom is -0.310 e. The van der Waals surface area contributed by atoms with Gasteiger partial charge in [-0.05, 0) is 50.4 Å². The van der Waals surface area contributed by atoms with Crippen molar-refractivity contribution in [3.05, 3.63) is 29.8 Å². The second kappa shape index (κ2) is 7.92. The van der Waals surface area contributed by atoms with Crippen molar-refractivity contribution in [1.82, 2.24) is 10.0 Å². The molecule has 1 aromatic rings. The molecule has 0 heterocycles. The van der Waals surface area contributed by atoms with Crippen LogP contribution in [0.25, 0.3) is 0 Å². The first-order chi connectivity index (χ1) is 9.76. The largest absolute Gasteiger partial charge is 0.310 e. The summed E-state index contributed by atoms with van der Waals surface area (Å²) in [5.74, 6) is 0.461. The molecule has 2 atom stereocenters. The zero-order valence-corrected chi connectivity index (χ0v) is 14.5. The summed E-state index contributed by atoms with van der Waals surface area (Å²) in [5.41, 5.74) is 0.983. The number of sulfonamides is 1. The standard InChI is InChI=1S/C16H28N2O2S/c1-6-17-14(5)15-8-7-9-16(11-15)21(19,20)18-13(4)10-12(2)3/h7-9,11-14,17-18H,6,10H2,1-5H3. The quantitative estimate of drug-likeness (QED) is 0.775. The predicted octanol–water partition coefficient (Wildman–Crippen LogP) is 3.07. The van der Waals surface area contributed by atoms with Crippen LogP contribution in [0.15, 0.2) is 29.2 Å². The van der Waals surface area contributed by atoms with Crippen molar-refractivity contribution < 1.29 is 8.42 Å². The molecule has 5 heteroatoms. The maximum Gasteiger partial charge on any atom is 0.240 e. The van der Waals surface area contributed by atoms with Gasteiger partial charge in [0.15, 0.2) is 0 Å². The lowest BCUT2D eigenvalue weighted by Gasteiger charge is -2.17. The Labute approximate surface area is 129 Å². The molecule has 0 saturated carbocycles. The number of hydrogen-bond donors (Lipinski definition) is 2. The highest BCUT2D eigenvalue weighted by molar-refractivity contribution is 7.89. The summed E-state index contributed by atoms with van der Waals surface area (Å²) in [5, 5.41) is 3.29. The van der Waals surface area contributed by atoms with Crippen molar-refractivity contribution in [2.24, 2.45) is 5.92 Å². The van der Waals surface area contributed by atoms with Crippen LogP contribution in [0.4, 0.5) is 0 Å². The van der Waals surface area contributed by atoms with Gasteiger partial charge < -0.3 is 5.32 Å². The molecule has 2 unspecified atom stereocenters. The molecule has 1 aromatic carbocycles. The third-order valence-corrected chi connectivity index (χ3v) is 4.95. The van der Waals surface area contributed by atoms with Crippen LogP contribution in [0.5, 0.6) is 0 Å². The van der Waals surface area contributed by atoms with Gasteiger partial charge in [0, 0.05) is 12.1 Å². The first kappa shape index (κ1) is 18.1. The summed E-state index contributed by atoms with van der Waals surface area (Å²) in [6.07, 6.45) is 0.826. The van der Waals surface area contributed by atoms with Crippen molar-refractivity contribution in [2.45, 2.75) is 58.0 Å². The highest BCUT2D eigenvalue weighted by Gasteiger charge is 2.19. The van der Waals surface area contributed by atoms with Crippen LogP contribution in [-0.2, 0) is 10.0 Å². The molecule has 1 rings (SSSR count). The normalized spacial score (nSPS) is 15.1. The number of hydrogen-bond acceptors (Lipinski definition) is 3. The SMILES string of the molecule is CCNC(C)c1cccc(S(=O)(=O)NC(C)CC(C)C)c1. The molecule has 2 N–H and O–H groups in total. The average molecular weight is 312 g/mol. The van der Waals surface area contributed by atoms with Crippen LogP contribution in [-0.4, -0.2) is 21.0 Å². The van der Waals surface area contributed by atoms with Crippen LogP contribution in [0.2, 0.25) is 0 Å². The van der Waals surface area contributed by atoms with E-state index in [1.807, 2.05) is 26.8 Å². The third kappa shape index (κ3) is 5.77. The fraction of sp³-hybridized carbons (Fsp3) is 0.625. The molecule has 0 aromatic heterocycles. The number of benzene rings is 1. The van der Waals surface area contributed by atoms with Crippen molar-refractivity contribution in [3.8, 4) is 0 Å². The molecular formula is C16H28N2O2S. The van der Waals surface area contributed by atoms with Gasteiger partial charge in [0.1, 0.15) is 0 Å². The minimum absolute atomic E-state index is 0.0650. The lowest BCUT2D eigenvalue weighted by atomic mass is 10.1. The summed E-state index contributed by atoms with van der Waals surface area (Å²) in [4.78, 5) is 0.334. The highest BCUT2D eigenvalue weighted by Crippen LogP contribution is 2.18.